The Morgan fingerprint density at radius 3 is 2.50 bits per heavy atom. The van der Waals surface area contributed by atoms with E-state index in [1.807, 2.05) is 0 Å². The summed E-state index contributed by atoms with van der Waals surface area (Å²) in [4.78, 5) is 10.7. The van der Waals surface area contributed by atoms with Crippen LogP contribution in [0.3, 0.4) is 0 Å². The molecule has 2 fully saturated rings. The molecule has 128 valence electrons. The Bertz CT molecular complexity index is 399. The second-order valence-corrected chi connectivity index (χ2v) is 9.43. The van der Waals surface area contributed by atoms with Crippen molar-refractivity contribution in [2.24, 2.45) is 28.6 Å². The SMILES string of the molecule is C[C@@H](CC=O)CC[C@@H]1[C@@]2(C)CCCC(C)(C)[C@@H]2CC[C@@]1(C)O. The van der Waals surface area contributed by atoms with Gasteiger partial charge in [-0.1, -0.05) is 34.1 Å². The minimum atomic E-state index is -0.542. The van der Waals surface area contributed by atoms with E-state index in [-0.39, 0.29) is 5.41 Å². The van der Waals surface area contributed by atoms with Gasteiger partial charge in [0.05, 0.1) is 5.60 Å². The third kappa shape index (κ3) is 3.27. The Hall–Kier alpha value is -0.370. The molecule has 0 aromatic carbocycles. The van der Waals surface area contributed by atoms with Crippen molar-refractivity contribution in [2.45, 2.75) is 91.6 Å². The lowest BCUT2D eigenvalue weighted by atomic mass is 9.45. The molecule has 0 heterocycles. The van der Waals surface area contributed by atoms with Crippen LogP contribution in [-0.2, 0) is 4.79 Å². The maximum Gasteiger partial charge on any atom is 0.120 e. The van der Waals surface area contributed by atoms with Crippen molar-refractivity contribution in [3.8, 4) is 0 Å². The molecule has 0 unspecified atom stereocenters. The lowest BCUT2D eigenvalue weighted by molar-refractivity contribution is -0.170. The van der Waals surface area contributed by atoms with Gasteiger partial charge in [-0.05, 0) is 74.0 Å². The molecule has 0 radical (unpaired) electrons. The molecule has 5 atom stereocenters. The van der Waals surface area contributed by atoms with E-state index < -0.39 is 5.60 Å². The van der Waals surface area contributed by atoms with Gasteiger partial charge < -0.3 is 9.90 Å². The Balaban J connectivity index is 2.20. The molecule has 2 heteroatoms. The molecule has 0 amide bonds. The maximum absolute atomic E-state index is 11.1. The first kappa shape index (κ1) is 18.0. The van der Waals surface area contributed by atoms with Gasteiger partial charge in [0, 0.05) is 6.42 Å². The van der Waals surface area contributed by atoms with Crippen molar-refractivity contribution in [3.05, 3.63) is 0 Å². The van der Waals surface area contributed by atoms with E-state index in [4.69, 9.17) is 0 Å². The molecule has 0 aliphatic heterocycles. The van der Waals surface area contributed by atoms with Gasteiger partial charge in [0.15, 0.2) is 0 Å². The number of carbonyl (C=O) groups is 1. The molecule has 2 aliphatic carbocycles. The summed E-state index contributed by atoms with van der Waals surface area (Å²) in [5, 5.41) is 11.1. The third-order valence-corrected chi connectivity index (χ3v) is 7.21. The summed E-state index contributed by atoms with van der Waals surface area (Å²) < 4.78 is 0. The number of hydrogen-bond acceptors (Lipinski definition) is 2. The summed E-state index contributed by atoms with van der Waals surface area (Å²) in [5.41, 5.74) is 0.111. The molecule has 0 bridgehead atoms. The van der Waals surface area contributed by atoms with Crippen LogP contribution in [0.15, 0.2) is 0 Å². The first-order chi connectivity index (χ1) is 10.1. The highest BCUT2D eigenvalue weighted by Crippen LogP contribution is 2.62. The van der Waals surface area contributed by atoms with Crippen molar-refractivity contribution in [3.63, 3.8) is 0 Å². The van der Waals surface area contributed by atoms with E-state index in [0.717, 1.165) is 37.9 Å². The van der Waals surface area contributed by atoms with Gasteiger partial charge in [-0.2, -0.15) is 0 Å². The lowest BCUT2D eigenvalue weighted by Crippen LogP contribution is -2.57. The fourth-order valence-corrected chi connectivity index (χ4v) is 6.00. The lowest BCUT2D eigenvalue weighted by Gasteiger charge is -2.61. The van der Waals surface area contributed by atoms with Crippen LogP contribution in [0.2, 0.25) is 0 Å². The monoisotopic (exact) mass is 308 g/mol. The van der Waals surface area contributed by atoms with Crippen LogP contribution in [0.25, 0.3) is 0 Å². The normalized spacial score (nSPS) is 42.5. The van der Waals surface area contributed by atoms with Crippen molar-refractivity contribution in [2.75, 3.05) is 0 Å². The van der Waals surface area contributed by atoms with Crippen LogP contribution >= 0.6 is 0 Å². The molecule has 0 saturated heterocycles. The Kier molecular flexibility index (Phi) is 5.12. The number of carbonyl (C=O) groups excluding carboxylic acids is 1. The highest BCUT2D eigenvalue weighted by molar-refractivity contribution is 5.49. The van der Waals surface area contributed by atoms with Gasteiger partial charge in [0.2, 0.25) is 0 Å². The number of rotatable bonds is 5. The van der Waals surface area contributed by atoms with Gasteiger partial charge >= 0.3 is 0 Å². The zero-order valence-corrected chi connectivity index (χ0v) is 15.3. The van der Waals surface area contributed by atoms with Gasteiger partial charge in [-0.15, -0.1) is 0 Å². The molecule has 2 saturated carbocycles. The smallest absolute Gasteiger partial charge is 0.120 e. The summed E-state index contributed by atoms with van der Waals surface area (Å²) in [5.74, 6) is 1.53. The fourth-order valence-electron chi connectivity index (χ4n) is 6.00. The van der Waals surface area contributed by atoms with E-state index in [0.29, 0.717) is 23.7 Å². The Labute approximate surface area is 137 Å². The first-order valence-corrected chi connectivity index (χ1v) is 9.29. The molecule has 0 aromatic heterocycles. The van der Waals surface area contributed by atoms with Crippen LogP contribution in [0.1, 0.15) is 86.0 Å². The summed E-state index contributed by atoms with van der Waals surface area (Å²) >= 11 is 0. The summed E-state index contributed by atoms with van der Waals surface area (Å²) in [6, 6.07) is 0. The Morgan fingerprint density at radius 1 is 1.18 bits per heavy atom. The van der Waals surface area contributed by atoms with Crippen LogP contribution < -0.4 is 0 Å². The van der Waals surface area contributed by atoms with E-state index in [2.05, 4.69) is 34.6 Å². The molecular formula is C20H36O2. The van der Waals surface area contributed by atoms with E-state index in [1.165, 1.54) is 19.3 Å². The van der Waals surface area contributed by atoms with E-state index in [1.54, 1.807) is 0 Å². The van der Waals surface area contributed by atoms with Gasteiger partial charge in [0.1, 0.15) is 6.29 Å². The Morgan fingerprint density at radius 2 is 1.86 bits per heavy atom. The maximum atomic E-state index is 11.1. The fraction of sp³-hybridized carbons (Fsp3) is 0.950. The molecule has 2 aliphatic rings. The number of aliphatic hydroxyl groups is 1. The van der Waals surface area contributed by atoms with Crippen molar-refractivity contribution >= 4 is 6.29 Å². The highest BCUT2D eigenvalue weighted by Gasteiger charge is 2.57. The highest BCUT2D eigenvalue weighted by atomic mass is 16.3. The van der Waals surface area contributed by atoms with Crippen LogP contribution in [0.4, 0.5) is 0 Å². The molecule has 0 aromatic rings. The van der Waals surface area contributed by atoms with Crippen LogP contribution in [0, 0.1) is 28.6 Å². The standard InChI is InChI=1S/C20H36O2/c1-15(10-14-21)7-8-17-19(4)12-6-11-18(2,3)16(19)9-13-20(17,5)22/h14-17,22H,6-13H2,1-5H3/t15-,16+,17-,19+,20-/m1/s1. The average Bonchev–Trinajstić information content (AvgIpc) is 2.36. The van der Waals surface area contributed by atoms with Gasteiger partial charge in [-0.3, -0.25) is 0 Å². The minimum absolute atomic E-state index is 0.254. The zero-order chi connectivity index (χ0) is 16.6. The summed E-state index contributed by atoms with van der Waals surface area (Å²) in [7, 11) is 0. The molecular weight excluding hydrogens is 272 g/mol. The van der Waals surface area contributed by atoms with Gasteiger partial charge in [-0.25, -0.2) is 0 Å². The molecule has 22 heavy (non-hydrogen) atoms. The largest absolute Gasteiger partial charge is 0.390 e. The average molecular weight is 309 g/mol. The second kappa shape index (κ2) is 6.26. The van der Waals surface area contributed by atoms with Crippen molar-refractivity contribution < 1.29 is 9.90 Å². The van der Waals surface area contributed by atoms with Crippen LogP contribution in [0.5, 0.6) is 0 Å². The predicted molar refractivity (Wildman–Crippen MR) is 91.7 cm³/mol. The van der Waals surface area contributed by atoms with Gasteiger partial charge in [0.25, 0.3) is 0 Å². The minimum Gasteiger partial charge on any atom is -0.390 e. The topological polar surface area (TPSA) is 37.3 Å². The zero-order valence-electron chi connectivity index (χ0n) is 15.3. The molecule has 0 spiro atoms. The van der Waals surface area contributed by atoms with Crippen molar-refractivity contribution in [1.82, 2.24) is 0 Å². The predicted octanol–water partition coefficient (Wildman–Crippen LogP) is 4.99. The summed E-state index contributed by atoms with van der Waals surface area (Å²) in [6.45, 7) is 11.5. The number of hydrogen-bond donors (Lipinski definition) is 1. The van der Waals surface area contributed by atoms with Crippen molar-refractivity contribution in [1.29, 1.82) is 0 Å². The number of fused-ring (bicyclic) bond motifs is 1. The van der Waals surface area contributed by atoms with E-state index >= 15 is 0 Å². The third-order valence-electron chi connectivity index (χ3n) is 7.21. The molecule has 2 rings (SSSR count). The van der Waals surface area contributed by atoms with Crippen LogP contribution in [-0.4, -0.2) is 17.0 Å². The molecule has 1 N–H and O–H groups in total. The molecule has 2 nitrogen and oxygen atoms in total. The number of aldehydes is 1. The second-order valence-electron chi connectivity index (χ2n) is 9.43. The quantitative estimate of drug-likeness (QED) is 0.727. The summed E-state index contributed by atoms with van der Waals surface area (Å²) in [6.07, 6.45) is 9.77. The first-order valence-electron chi connectivity index (χ1n) is 9.29. The van der Waals surface area contributed by atoms with E-state index in [9.17, 15) is 9.90 Å².